The zero-order chi connectivity index (χ0) is 12.1. The Morgan fingerprint density at radius 3 is 2.94 bits per heavy atom. The van der Waals surface area contributed by atoms with Gasteiger partial charge in [-0.15, -0.1) is 0 Å². The molecule has 0 aliphatic carbocycles. The fraction of sp³-hybridized carbons (Fsp3) is 0.917. The van der Waals surface area contributed by atoms with Gasteiger partial charge in [0, 0.05) is 25.7 Å². The monoisotopic (exact) mass is 241 g/mol. The molecule has 2 N–H and O–H groups in total. The first kappa shape index (κ1) is 12.8. The molecule has 2 rings (SSSR count). The highest BCUT2D eigenvalue weighted by molar-refractivity contribution is 5.82. The largest absolute Gasteiger partial charge is 0.379 e. The third-order valence-corrected chi connectivity index (χ3v) is 3.40. The molecule has 17 heavy (non-hydrogen) atoms. The summed E-state index contributed by atoms with van der Waals surface area (Å²) in [6.07, 6.45) is 2.08. The van der Waals surface area contributed by atoms with E-state index >= 15 is 0 Å². The van der Waals surface area contributed by atoms with Crippen LogP contribution >= 0.6 is 0 Å². The molecule has 5 nitrogen and oxygen atoms in total. The lowest BCUT2D eigenvalue weighted by molar-refractivity contribution is -0.123. The van der Waals surface area contributed by atoms with Gasteiger partial charge in [-0.05, 0) is 26.3 Å². The van der Waals surface area contributed by atoms with Gasteiger partial charge in [-0.25, -0.2) is 0 Å². The van der Waals surface area contributed by atoms with E-state index in [0.717, 1.165) is 52.2 Å². The number of rotatable bonds is 4. The molecule has 0 aromatic heterocycles. The van der Waals surface area contributed by atoms with Crippen molar-refractivity contribution in [1.29, 1.82) is 0 Å². The Morgan fingerprint density at radius 1 is 1.53 bits per heavy atom. The number of nitrogens with one attached hydrogen (secondary N) is 2. The van der Waals surface area contributed by atoms with Crippen LogP contribution in [-0.4, -0.2) is 62.3 Å². The van der Waals surface area contributed by atoms with Crippen LogP contribution in [0.5, 0.6) is 0 Å². The van der Waals surface area contributed by atoms with E-state index in [0.29, 0.717) is 0 Å². The van der Waals surface area contributed by atoms with E-state index in [-0.39, 0.29) is 18.0 Å². The first-order chi connectivity index (χ1) is 8.25. The van der Waals surface area contributed by atoms with Crippen LogP contribution in [0.2, 0.25) is 0 Å². The molecule has 2 aliphatic rings. The van der Waals surface area contributed by atoms with Gasteiger partial charge in [0.15, 0.2) is 0 Å². The van der Waals surface area contributed by atoms with Gasteiger partial charge >= 0.3 is 0 Å². The van der Waals surface area contributed by atoms with Crippen LogP contribution in [0.3, 0.4) is 0 Å². The highest BCUT2D eigenvalue weighted by Crippen LogP contribution is 2.05. The number of morpholine rings is 1. The molecule has 2 heterocycles. The molecular formula is C12H23N3O2. The molecule has 5 heteroatoms. The van der Waals surface area contributed by atoms with Crippen LogP contribution in [0.4, 0.5) is 0 Å². The second-order valence-corrected chi connectivity index (χ2v) is 4.97. The number of carbonyl (C=O) groups is 1. The lowest BCUT2D eigenvalue weighted by Crippen LogP contribution is -2.49. The van der Waals surface area contributed by atoms with E-state index in [1.54, 1.807) is 0 Å². The van der Waals surface area contributed by atoms with Crippen molar-refractivity contribution in [3.05, 3.63) is 0 Å². The molecule has 2 fully saturated rings. The van der Waals surface area contributed by atoms with Crippen LogP contribution in [0, 0.1) is 0 Å². The number of carbonyl (C=O) groups excluding carboxylic acids is 1. The number of nitrogens with zero attached hydrogens (tertiary/aromatic N) is 1. The van der Waals surface area contributed by atoms with E-state index in [1.165, 1.54) is 0 Å². The summed E-state index contributed by atoms with van der Waals surface area (Å²) in [5.74, 6) is 0.156. The Bertz CT molecular complexity index is 248. The normalized spacial score (nSPS) is 27.9. The summed E-state index contributed by atoms with van der Waals surface area (Å²) in [6, 6.07) is 0.241. The molecule has 0 bridgehead atoms. The van der Waals surface area contributed by atoms with Crippen LogP contribution in [0.15, 0.2) is 0 Å². The van der Waals surface area contributed by atoms with Crippen molar-refractivity contribution < 1.29 is 9.53 Å². The van der Waals surface area contributed by atoms with Crippen molar-refractivity contribution in [3.8, 4) is 0 Å². The summed E-state index contributed by atoms with van der Waals surface area (Å²) < 4.78 is 5.30. The number of amides is 1. The van der Waals surface area contributed by atoms with E-state index in [2.05, 4.69) is 22.5 Å². The Morgan fingerprint density at radius 2 is 2.29 bits per heavy atom. The molecule has 0 saturated carbocycles. The van der Waals surface area contributed by atoms with Gasteiger partial charge in [0.2, 0.25) is 5.91 Å². The van der Waals surface area contributed by atoms with Crippen LogP contribution in [0.25, 0.3) is 0 Å². The molecule has 98 valence electrons. The second-order valence-electron chi connectivity index (χ2n) is 4.97. The van der Waals surface area contributed by atoms with E-state index in [1.807, 2.05) is 0 Å². The predicted octanol–water partition coefficient (Wildman–Crippen LogP) is -0.425. The zero-order valence-corrected chi connectivity index (χ0v) is 10.6. The predicted molar refractivity (Wildman–Crippen MR) is 65.9 cm³/mol. The van der Waals surface area contributed by atoms with Gasteiger partial charge in [-0.2, -0.15) is 0 Å². The molecular weight excluding hydrogens is 218 g/mol. The Balaban J connectivity index is 1.68. The SMILES string of the molecule is CC(CN1CCOCC1)NC(=O)[C@H]1CCCN1. The van der Waals surface area contributed by atoms with Crippen LogP contribution in [-0.2, 0) is 9.53 Å². The van der Waals surface area contributed by atoms with Gasteiger partial charge in [0.1, 0.15) is 0 Å². The number of ether oxygens (including phenoxy) is 1. The van der Waals surface area contributed by atoms with Crippen molar-refractivity contribution in [2.45, 2.75) is 31.8 Å². The van der Waals surface area contributed by atoms with Gasteiger partial charge in [-0.3, -0.25) is 9.69 Å². The fourth-order valence-electron chi connectivity index (χ4n) is 2.47. The summed E-state index contributed by atoms with van der Waals surface area (Å²) in [5, 5.41) is 6.30. The quantitative estimate of drug-likeness (QED) is 0.701. The molecule has 0 aromatic carbocycles. The molecule has 2 saturated heterocycles. The number of hydrogen-bond donors (Lipinski definition) is 2. The van der Waals surface area contributed by atoms with E-state index in [9.17, 15) is 4.79 Å². The topological polar surface area (TPSA) is 53.6 Å². The average Bonchev–Trinajstić information content (AvgIpc) is 2.83. The summed E-state index contributed by atoms with van der Waals surface area (Å²) in [4.78, 5) is 14.2. The summed E-state index contributed by atoms with van der Waals surface area (Å²) in [5.41, 5.74) is 0. The average molecular weight is 241 g/mol. The van der Waals surface area contributed by atoms with Crippen molar-refractivity contribution in [2.24, 2.45) is 0 Å². The zero-order valence-electron chi connectivity index (χ0n) is 10.6. The first-order valence-corrected chi connectivity index (χ1v) is 6.59. The van der Waals surface area contributed by atoms with Crippen molar-refractivity contribution >= 4 is 5.91 Å². The summed E-state index contributed by atoms with van der Waals surface area (Å²) in [6.45, 7) is 7.53. The second kappa shape index (κ2) is 6.33. The molecule has 0 spiro atoms. The smallest absolute Gasteiger partial charge is 0.237 e. The fourth-order valence-corrected chi connectivity index (χ4v) is 2.47. The van der Waals surface area contributed by atoms with Crippen LogP contribution < -0.4 is 10.6 Å². The lowest BCUT2D eigenvalue weighted by atomic mass is 10.2. The van der Waals surface area contributed by atoms with Gasteiger partial charge in [0.25, 0.3) is 0 Å². The van der Waals surface area contributed by atoms with Gasteiger partial charge < -0.3 is 15.4 Å². The van der Waals surface area contributed by atoms with Crippen molar-refractivity contribution in [3.63, 3.8) is 0 Å². The molecule has 1 unspecified atom stereocenters. The van der Waals surface area contributed by atoms with Gasteiger partial charge in [0.05, 0.1) is 19.3 Å². The minimum absolute atomic E-state index is 0.0298. The summed E-state index contributed by atoms with van der Waals surface area (Å²) in [7, 11) is 0. The molecule has 1 amide bonds. The minimum atomic E-state index is 0.0298. The maximum absolute atomic E-state index is 11.9. The minimum Gasteiger partial charge on any atom is -0.379 e. The van der Waals surface area contributed by atoms with E-state index < -0.39 is 0 Å². The van der Waals surface area contributed by atoms with Crippen molar-refractivity contribution in [2.75, 3.05) is 39.4 Å². The maximum Gasteiger partial charge on any atom is 0.237 e. The highest BCUT2D eigenvalue weighted by Gasteiger charge is 2.23. The summed E-state index contributed by atoms with van der Waals surface area (Å²) >= 11 is 0. The van der Waals surface area contributed by atoms with E-state index in [4.69, 9.17) is 4.74 Å². The Kier molecular flexibility index (Phi) is 4.76. The van der Waals surface area contributed by atoms with Crippen molar-refractivity contribution in [1.82, 2.24) is 15.5 Å². The third kappa shape index (κ3) is 3.94. The standard InChI is InChI=1S/C12H23N3O2/c1-10(9-15-5-7-17-8-6-15)14-12(16)11-3-2-4-13-11/h10-11,13H,2-9H2,1H3,(H,14,16)/t10?,11-/m1/s1. The highest BCUT2D eigenvalue weighted by atomic mass is 16.5. The van der Waals surface area contributed by atoms with Gasteiger partial charge in [-0.1, -0.05) is 0 Å². The maximum atomic E-state index is 11.9. The molecule has 0 radical (unpaired) electrons. The molecule has 2 aliphatic heterocycles. The first-order valence-electron chi connectivity index (χ1n) is 6.59. The Labute approximate surface area is 103 Å². The third-order valence-electron chi connectivity index (χ3n) is 3.40. The number of hydrogen-bond acceptors (Lipinski definition) is 4. The molecule has 0 aromatic rings. The van der Waals surface area contributed by atoms with Crippen LogP contribution in [0.1, 0.15) is 19.8 Å². The Hall–Kier alpha value is -0.650. The molecule has 2 atom stereocenters. The lowest BCUT2D eigenvalue weighted by Gasteiger charge is -2.29.